The predicted molar refractivity (Wildman–Crippen MR) is 173 cm³/mol. The van der Waals surface area contributed by atoms with E-state index in [1.807, 2.05) is 48.5 Å². The van der Waals surface area contributed by atoms with Crippen molar-refractivity contribution in [2.75, 3.05) is 11.9 Å². The van der Waals surface area contributed by atoms with Gasteiger partial charge in [0.25, 0.3) is 5.56 Å². The molecule has 3 aromatic carbocycles. The van der Waals surface area contributed by atoms with Crippen molar-refractivity contribution in [1.29, 1.82) is 0 Å². The molecule has 230 valence electrons. The van der Waals surface area contributed by atoms with E-state index < -0.39 is 29.2 Å². The summed E-state index contributed by atoms with van der Waals surface area (Å²) < 4.78 is 17.0. The van der Waals surface area contributed by atoms with E-state index in [0.29, 0.717) is 37.9 Å². The Labute approximate surface area is 259 Å². The Kier molecular flexibility index (Phi) is 8.21. The lowest BCUT2D eigenvalue weighted by Crippen LogP contribution is -2.45. The van der Waals surface area contributed by atoms with Crippen molar-refractivity contribution in [3.8, 4) is 16.8 Å². The van der Waals surface area contributed by atoms with E-state index in [1.165, 1.54) is 14.7 Å². The van der Waals surface area contributed by atoms with E-state index in [-0.39, 0.29) is 17.1 Å². The minimum atomic E-state index is -1.10. The zero-order valence-electron chi connectivity index (χ0n) is 25.1. The number of anilines is 1. The molecule has 10 heteroatoms. The first-order valence-electron chi connectivity index (χ1n) is 15.0. The van der Waals surface area contributed by atoms with E-state index in [2.05, 4.69) is 47.4 Å². The van der Waals surface area contributed by atoms with Crippen LogP contribution in [0.2, 0.25) is 0 Å². The second-order valence-electron chi connectivity index (χ2n) is 11.6. The van der Waals surface area contributed by atoms with Gasteiger partial charge in [-0.15, -0.1) is 0 Å². The van der Waals surface area contributed by atoms with Crippen molar-refractivity contribution in [1.82, 2.24) is 19.4 Å². The first kappa shape index (κ1) is 29.8. The molecule has 45 heavy (non-hydrogen) atoms. The number of fused-ring (bicyclic) bond motifs is 1. The second-order valence-corrected chi connectivity index (χ2v) is 11.6. The molecule has 1 amide bonds. The lowest BCUT2D eigenvalue weighted by atomic mass is 9.91. The van der Waals surface area contributed by atoms with Crippen LogP contribution in [0, 0.1) is 12.7 Å². The van der Waals surface area contributed by atoms with Gasteiger partial charge in [0.2, 0.25) is 0 Å². The maximum atomic E-state index is 14.4. The number of hydrogen-bond donors (Lipinski definition) is 2. The largest absolute Gasteiger partial charge is 0.465 e. The highest BCUT2D eigenvalue weighted by Crippen LogP contribution is 2.30. The second kappa shape index (κ2) is 12.4. The minimum Gasteiger partial charge on any atom is -0.465 e. The zero-order valence-corrected chi connectivity index (χ0v) is 25.1. The number of rotatable bonds is 7. The number of halogens is 1. The van der Waals surface area contributed by atoms with Crippen LogP contribution >= 0.6 is 0 Å². The molecule has 0 spiro atoms. The topological polar surface area (TPSA) is 109 Å². The summed E-state index contributed by atoms with van der Waals surface area (Å²) in [4.78, 5) is 45.3. The highest BCUT2D eigenvalue weighted by atomic mass is 19.1. The Morgan fingerprint density at radius 1 is 1.00 bits per heavy atom. The van der Waals surface area contributed by atoms with Gasteiger partial charge in [0.05, 0.1) is 17.3 Å². The summed E-state index contributed by atoms with van der Waals surface area (Å²) in [6.45, 7) is 2.74. The molecule has 0 saturated heterocycles. The normalized spacial score (nSPS) is 16.4. The zero-order chi connectivity index (χ0) is 31.7. The number of aryl methyl sites for hydroxylation is 1. The summed E-state index contributed by atoms with van der Waals surface area (Å²) in [5, 5.41) is 11.6. The molecule has 2 aromatic heterocycles. The molecule has 9 nitrogen and oxygen atoms in total. The Morgan fingerprint density at radius 2 is 1.73 bits per heavy atom. The third kappa shape index (κ3) is 5.95. The average molecular weight is 608 g/mol. The van der Waals surface area contributed by atoms with Crippen LogP contribution in [-0.2, 0) is 6.54 Å². The number of aromatic nitrogens is 3. The van der Waals surface area contributed by atoms with Gasteiger partial charge in [-0.2, -0.15) is 0 Å². The molecule has 0 atom stereocenters. The Morgan fingerprint density at radius 3 is 2.49 bits per heavy atom. The predicted octanol–water partition coefficient (Wildman–Crippen LogP) is 6.05. The van der Waals surface area contributed by atoms with Crippen molar-refractivity contribution >= 4 is 22.8 Å². The van der Waals surface area contributed by atoms with Crippen molar-refractivity contribution in [3.05, 3.63) is 123 Å². The minimum absolute atomic E-state index is 0.00560. The van der Waals surface area contributed by atoms with Crippen LogP contribution in [0.15, 0.2) is 94.6 Å². The SMILES string of the molecule is Cc1ccccc1N(C)Cc1ccccc1-c1cccc(-n2c(=O)n(C3CCC(NC(=O)O)CC3)c(=O)c3cc(F)cnc32)c1. The number of carbonyl (C=O) groups is 1. The fourth-order valence-corrected chi connectivity index (χ4v) is 6.48. The van der Waals surface area contributed by atoms with Crippen LogP contribution in [0.25, 0.3) is 27.8 Å². The first-order valence-corrected chi connectivity index (χ1v) is 15.0. The standard InChI is InChI=1S/C35H34FN5O4/c1-22-8-3-6-13-31(22)39(2)21-24-9-4-5-12-29(24)23-10-7-11-28(18-23)40-32-30(19-25(36)20-37-32)33(42)41(35(40)45)27-16-14-26(15-17-27)38-34(43)44/h3-13,18-20,26-27,38H,14-17,21H2,1-2H3,(H,43,44). The monoisotopic (exact) mass is 607 g/mol. The summed E-state index contributed by atoms with van der Waals surface area (Å²) in [6, 6.07) is 24.2. The molecular formula is C35H34FN5O4. The fraction of sp³-hybridized carbons (Fsp3) is 0.257. The number of benzene rings is 3. The van der Waals surface area contributed by atoms with Gasteiger partial charge < -0.3 is 15.3 Å². The van der Waals surface area contributed by atoms with Gasteiger partial charge >= 0.3 is 11.8 Å². The molecule has 2 N–H and O–H groups in total. The van der Waals surface area contributed by atoms with Crippen LogP contribution < -0.4 is 21.5 Å². The lowest BCUT2D eigenvalue weighted by Gasteiger charge is -2.29. The van der Waals surface area contributed by atoms with Gasteiger partial charge in [-0.05, 0) is 79.1 Å². The highest BCUT2D eigenvalue weighted by Gasteiger charge is 2.28. The summed E-state index contributed by atoms with van der Waals surface area (Å²) >= 11 is 0. The number of pyridine rings is 1. The molecule has 6 rings (SSSR count). The fourth-order valence-electron chi connectivity index (χ4n) is 6.48. The number of carboxylic acid groups (broad SMARTS) is 1. The quantitative estimate of drug-likeness (QED) is 0.233. The van der Waals surface area contributed by atoms with Crippen molar-refractivity contribution in [2.24, 2.45) is 0 Å². The van der Waals surface area contributed by atoms with Crippen LogP contribution in [-0.4, -0.2) is 38.4 Å². The molecule has 1 aliphatic rings. The third-order valence-corrected chi connectivity index (χ3v) is 8.65. The van der Waals surface area contributed by atoms with Crippen LogP contribution in [0.5, 0.6) is 0 Å². The number of amides is 1. The molecule has 0 unspecified atom stereocenters. The van der Waals surface area contributed by atoms with E-state index in [9.17, 15) is 18.8 Å². The van der Waals surface area contributed by atoms with Crippen molar-refractivity contribution in [3.63, 3.8) is 0 Å². The molecule has 0 radical (unpaired) electrons. The van der Waals surface area contributed by atoms with Gasteiger partial charge in [0.15, 0.2) is 5.65 Å². The van der Waals surface area contributed by atoms with Crippen LogP contribution in [0.3, 0.4) is 0 Å². The average Bonchev–Trinajstić information content (AvgIpc) is 3.02. The number of nitrogens with zero attached hydrogens (tertiary/aromatic N) is 4. The van der Waals surface area contributed by atoms with E-state index in [4.69, 9.17) is 5.11 Å². The van der Waals surface area contributed by atoms with E-state index in [0.717, 1.165) is 34.6 Å². The van der Waals surface area contributed by atoms with Crippen LogP contribution in [0.1, 0.15) is 42.9 Å². The van der Waals surface area contributed by atoms with E-state index in [1.54, 1.807) is 6.07 Å². The third-order valence-electron chi connectivity index (χ3n) is 8.65. The summed E-state index contributed by atoms with van der Waals surface area (Å²) in [5.41, 5.74) is 4.68. The van der Waals surface area contributed by atoms with Gasteiger partial charge in [0, 0.05) is 31.4 Å². The summed E-state index contributed by atoms with van der Waals surface area (Å²) in [6.07, 6.45) is 1.71. The van der Waals surface area contributed by atoms with Gasteiger partial charge in [0.1, 0.15) is 5.82 Å². The number of nitrogens with one attached hydrogen (secondary N) is 1. The van der Waals surface area contributed by atoms with Crippen molar-refractivity contribution in [2.45, 2.75) is 51.2 Å². The number of para-hydroxylation sites is 1. The smallest absolute Gasteiger partial charge is 0.404 e. The molecule has 2 heterocycles. The Balaban J connectivity index is 1.43. The van der Waals surface area contributed by atoms with Gasteiger partial charge in [-0.1, -0.05) is 54.6 Å². The van der Waals surface area contributed by atoms with E-state index >= 15 is 0 Å². The van der Waals surface area contributed by atoms with Gasteiger partial charge in [-0.3, -0.25) is 9.36 Å². The van der Waals surface area contributed by atoms with Crippen LogP contribution in [0.4, 0.5) is 14.9 Å². The first-order chi connectivity index (χ1) is 21.7. The molecule has 1 saturated carbocycles. The Bertz CT molecular complexity index is 2010. The molecule has 5 aromatic rings. The maximum Gasteiger partial charge on any atom is 0.404 e. The Hall–Kier alpha value is -5.25. The number of hydrogen-bond acceptors (Lipinski definition) is 5. The molecule has 0 bridgehead atoms. The molecule has 0 aliphatic heterocycles. The maximum absolute atomic E-state index is 14.4. The summed E-state index contributed by atoms with van der Waals surface area (Å²) in [5.74, 6) is -0.675. The lowest BCUT2D eigenvalue weighted by molar-refractivity contribution is 0.182. The highest BCUT2D eigenvalue weighted by molar-refractivity contribution is 5.77. The summed E-state index contributed by atoms with van der Waals surface area (Å²) in [7, 11) is 2.06. The molecular weight excluding hydrogens is 573 g/mol. The van der Waals surface area contributed by atoms with Crippen molar-refractivity contribution < 1.29 is 14.3 Å². The van der Waals surface area contributed by atoms with Gasteiger partial charge in [-0.25, -0.2) is 23.5 Å². The molecule has 1 fully saturated rings. The molecule has 1 aliphatic carbocycles.